The van der Waals surface area contributed by atoms with Gasteiger partial charge in [-0.2, -0.15) is 18.3 Å². The predicted octanol–water partition coefficient (Wildman–Crippen LogP) is 5.97. The van der Waals surface area contributed by atoms with E-state index in [1.54, 1.807) is 65.4 Å². The first-order chi connectivity index (χ1) is 18.7. The Balaban J connectivity index is 0.00000370. The molecule has 1 unspecified atom stereocenters. The number of carbonyl (C=O) groups excluding carboxylic acids is 1. The Labute approximate surface area is 235 Å². The molecular formula is C29H29ClF3N5O2. The average molecular weight is 572 g/mol. The molecule has 0 radical (unpaired) electrons. The normalized spacial score (nSPS) is 13.9. The zero-order valence-corrected chi connectivity index (χ0v) is 22.3. The van der Waals surface area contributed by atoms with Crippen molar-refractivity contribution in [3.05, 3.63) is 112 Å². The fourth-order valence-electron chi connectivity index (χ4n) is 4.68. The number of nitrogens with one attached hydrogen (secondary N) is 1. The van der Waals surface area contributed by atoms with Crippen molar-refractivity contribution in [3.8, 4) is 5.69 Å². The standard InChI is InChI=1S/C29H28F3N5O2.ClH/c30-29(31,32)26-17-25(37(35-26)23-8-3-5-20(15-23)18-33)28(39)34-22-7-4-6-21(16-22)24(13-12-19-10-11-19)36-14-2-1-9-27(36)38;/h1-9,14-17,19,24H,10-13,18,33H2,(H,34,39);1H. The first-order valence-electron chi connectivity index (χ1n) is 12.8. The van der Waals surface area contributed by atoms with Crippen LogP contribution in [0.1, 0.15) is 59.0 Å². The minimum atomic E-state index is -4.73. The number of rotatable bonds is 9. The number of amides is 1. The van der Waals surface area contributed by atoms with Crippen molar-refractivity contribution in [2.75, 3.05) is 5.32 Å². The number of hydrogen-bond donors (Lipinski definition) is 2. The summed E-state index contributed by atoms with van der Waals surface area (Å²) in [5.74, 6) is -0.0876. The van der Waals surface area contributed by atoms with Crippen molar-refractivity contribution in [1.29, 1.82) is 0 Å². The molecule has 1 amide bonds. The van der Waals surface area contributed by atoms with E-state index < -0.39 is 17.8 Å². The molecule has 40 heavy (non-hydrogen) atoms. The van der Waals surface area contributed by atoms with Crippen LogP contribution in [0.3, 0.4) is 0 Å². The second kappa shape index (κ2) is 12.1. The van der Waals surface area contributed by atoms with Crippen LogP contribution in [-0.4, -0.2) is 20.3 Å². The predicted molar refractivity (Wildman–Crippen MR) is 149 cm³/mol. The van der Waals surface area contributed by atoms with Crippen molar-refractivity contribution in [2.45, 2.75) is 44.4 Å². The SMILES string of the molecule is Cl.NCc1cccc(-n2nc(C(F)(F)F)cc2C(=O)Nc2cccc(C(CCC3CC3)n3ccccc3=O)c2)c1. The van der Waals surface area contributed by atoms with Gasteiger partial charge < -0.3 is 15.6 Å². The summed E-state index contributed by atoms with van der Waals surface area (Å²) in [5.41, 5.74) is 6.31. The van der Waals surface area contributed by atoms with Gasteiger partial charge in [0.2, 0.25) is 0 Å². The van der Waals surface area contributed by atoms with Crippen molar-refractivity contribution in [1.82, 2.24) is 14.3 Å². The summed E-state index contributed by atoms with van der Waals surface area (Å²) >= 11 is 0. The minimum absolute atomic E-state index is 0. The number of pyridine rings is 1. The number of nitrogens with zero attached hydrogens (tertiary/aromatic N) is 3. The third-order valence-corrected chi connectivity index (χ3v) is 6.88. The van der Waals surface area contributed by atoms with Crippen LogP contribution in [0.5, 0.6) is 0 Å². The van der Waals surface area contributed by atoms with E-state index in [4.69, 9.17) is 5.73 Å². The van der Waals surface area contributed by atoms with Gasteiger partial charge in [0.05, 0.1) is 11.7 Å². The Kier molecular flexibility index (Phi) is 8.80. The zero-order chi connectivity index (χ0) is 27.6. The van der Waals surface area contributed by atoms with E-state index in [-0.39, 0.29) is 41.9 Å². The number of benzene rings is 2. The molecule has 1 aliphatic carbocycles. The van der Waals surface area contributed by atoms with Crippen molar-refractivity contribution in [3.63, 3.8) is 0 Å². The highest BCUT2D eigenvalue weighted by Gasteiger charge is 2.36. The van der Waals surface area contributed by atoms with Gasteiger partial charge in [-0.1, -0.05) is 43.2 Å². The molecule has 1 saturated carbocycles. The number of halogens is 4. The summed E-state index contributed by atoms with van der Waals surface area (Å²) in [6.07, 6.45) is 1.12. The highest BCUT2D eigenvalue weighted by molar-refractivity contribution is 6.03. The maximum atomic E-state index is 13.5. The Bertz CT molecular complexity index is 1540. The second-order valence-electron chi connectivity index (χ2n) is 9.76. The van der Waals surface area contributed by atoms with E-state index in [1.165, 1.54) is 18.9 Å². The van der Waals surface area contributed by atoms with E-state index in [2.05, 4.69) is 10.4 Å². The van der Waals surface area contributed by atoms with Crippen LogP contribution in [0.15, 0.2) is 83.8 Å². The first-order valence-corrected chi connectivity index (χ1v) is 12.8. The van der Waals surface area contributed by atoms with Crippen molar-refractivity contribution in [2.24, 2.45) is 11.7 Å². The molecule has 7 nitrogen and oxygen atoms in total. The summed E-state index contributed by atoms with van der Waals surface area (Å²) in [6.45, 7) is 0.183. The monoisotopic (exact) mass is 571 g/mol. The lowest BCUT2D eigenvalue weighted by Gasteiger charge is -2.21. The van der Waals surface area contributed by atoms with Gasteiger partial charge in [-0.25, -0.2) is 4.68 Å². The third kappa shape index (κ3) is 6.63. The Morgan fingerprint density at radius 1 is 1.05 bits per heavy atom. The lowest BCUT2D eigenvalue weighted by Crippen LogP contribution is -2.24. The number of hydrogen-bond acceptors (Lipinski definition) is 4. The molecule has 1 atom stereocenters. The smallest absolute Gasteiger partial charge is 0.326 e. The van der Waals surface area contributed by atoms with Gasteiger partial charge in [0.1, 0.15) is 5.69 Å². The molecule has 4 aromatic rings. The molecule has 0 aliphatic heterocycles. The van der Waals surface area contributed by atoms with Gasteiger partial charge >= 0.3 is 6.18 Å². The molecule has 0 saturated heterocycles. The maximum Gasteiger partial charge on any atom is 0.435 e. The van der Waals surface area contributed by atoms with Gasteiger partial charge in [-0.3, -0.25) is 9.59 Å². The average Bonchev–Trinajstić information content (AvgIpc) is 3.63. The van der Waals surface area contributed by atoms with Gasteiger partial charge in [-0.15, -0.1) is 12.4 Å². The molecule has 2 aromatic heterocycles. The molecule has 210 valence electrons. The summed E-state index contributed by atoms with van der Waals surface area (Å²) in [5, 5.41) is 6.40. The molecule has 3 N–H and O–H groups in total. The largest absolute Gasteiger partial charge is 0.435 e. The van der Waals surface area contributed by atoms with E-state index in [0.29, 0.717) is 17.2 Å². The van der Waals surface area contributed by atoms with Crippen LogP contribution in [0.25, 0.3) is 5.69 Å². The topological polar surface area (TPSA) is 94.9 Å². The highest BCUT2D eigenvalue weighted by Crippen LogP contribution is 2.37. The Hall–Kier alpha value is -3.89. The minimum Gasteiger partial charge on any atom is -0.326 e. The van der Waals surface area contributed by atoms with Crippen LogP contribution < -0.4 is 16.6 Å². The van der Waals surface area contributed by atoms with Gasteiger partial charge in [0.25, 0.3) is 11.5 Å². The molecule has 0 bridgehead atoms. The number of carbonyl (C=O) groups is 1. The van der Waals surface area contributed by atoms with Crippen molar-refractivity contribution >= 4 is 24.0 Å². The van der Waals surface area contributed by atoms with E-state index in [1.807, 2.05) is 6.07 Å². The van der Waals surface area contributed by atoms with Gasteiger partial charge in [-0.05, 0) is 60.2 Å². The van der Waals surface area contributed by atoms with Gasteiger partial charge in [0.15, 0.2) is 5.69 Å². The molecule has 2 aromatic carbocycles. The Morgan fingerprint density at radius 3 is 2.52 bits per heavy atom. The second-order valence-corrected chi connectivity index (χ2v) is 9.76. The molecule has 5 rings (SSSR count). The molecule has 11 heteroatoms. The first kappa shape index (κ1) is 29.1. The summed E-state index contributed by atoms with van der Waals surface area (Å²) < 4.78 is 43.3. The van der Waals surface area contributed by atoms with Crippen LogP contribution in [-0.2, 0) is 12.7 Å². The summed E-state index contributed by atoms with van der Waals surface area (Å²) in [7, 11) is 0. The lowest BCUT2D eigenvalue weighted by atomic mass is 9.99. The van der Waals surface area contributed by atoms with Crippen molar-refractivity contribution < 1.29 is 18.0 Å². The summed E-state index contributed by atoms with van der Waals surface area (Å²) in [4.78, 5) is 25.9. The molecular weight excluding hydrogens is 543 g/mol. The van der Waals surface area contributed by atoms with Crippen LogP contribution in [0, 0.1) is 5.92 Å². The van der Waals surface area contributed by atoms with Crippen LogP contribution in [0.2, 0.25) is 0 Å². The van der Waals surface area contributed by atoms with Crippen LogP contribution >= 0.6 is 12.4 Å². The highest BCUT2D eigenvalue weighted by atomic mass is 35.5. The number of nitrogens with two attached hydrogens (primary N) is 1. The summed E-state index contributed by atoms with van der Waals surface area (Å²) in [6, 6.07) is 19.1. The molecule has 1 fully saturated rings. The Morgan fingerprint density at radius 2 is 1.82 bits per heavy atom. The number of aromatic nitrogens is 3. The fourth-order valence-corrected chi connectivity index (χ4v) is 4.68. The quantitative estimate of drug-likeness (QED) is 0.259. The number of anilines is 1. The molecule has 0 spiro atoms. The molecule has 1 aliphatic rings. The maximum absolute atomic E-state index is 13.5. The molecule has 2 heterocycles. The van der Waals surface area contributed by atoms with E-state index in [0.717, 1.165) is 29.2 Å². The van der Waals surface area contributed by atoms with Crippen LogP contribution in [0.4, 0.5) is 18.9 Å². The van der Waals surface area contributed by atoms with E-state index >= 15 is 0 Å². The number of alkyl halides is 3. The fraction of sp³-hybridized carbons (Fsp3) is 0.276. The van der Waals surface area contributed by atoms with E-state index in [9.17, 15) is 22.8 Å². The third-order valence-electron chi connectivity index (χ3n) is 6.88. The zero-order valence-electron chi connectivity index (χ0n) is 21.5. The lowest BCUT2D eigenvalue weighted by molar-refractivity contribution is -0.141. The van der Waals surface area contributed by atoms with Gasteiger partial charge in [0, 0.05) is 30.6 Å².